The third-order valence-electron chi connectivity index (χ3n) is 5.07. The smallest absolute Gasteiger partial charge is 0.327 e. The van der Waals surface area contributed by atoms with Crippen LogP contribution < -0.4 is 0 Å². The molecule has 1 atom stereocenters. The van der Waals surface area contributed by atoms with E-state index in [4.69, 9.17) is 9.05 Å². The van der Waals surface area contributed by atoms with E-state index < -0.39 is 7.82 Å². The largest absolute Gasteiger partial charge is 0.472 e. The summed E-state index contributed by atoms with van der Waals surface area (Å²) in [6.07, 6.45) is 15.8. The molecule has 164 valence electrons. The van der Waals surface area contributed by atoms with Gasteiger partial charge in [-0.25, -0.2) is 4.57 Å². The molecule has 0 aliphatic carbocycles. The number of nitrogens with zero attached hydrogens (tertiary/aromatic N) is 1. The highest BCUT2D eigenvalue weighted by Gasteiger charge is 2.23. The zero-order valence-corrected chi connectivity index (χ0v) is 19.5. The van der Waals surface area contributed by atoms with Crippen LogP contribution >= 0.6 is 7.82 Å². The second-order valence-electron chi connectivity index (χ2n) is 8.41. The molecule has 5 nitrogen and oxygen atoms in total. The van der Waals surface area contributed by atoms with E-state index in [9.17, 15) is 9.46 Å². The predicted octanol–water partition coefficient (Wildman–Crippen LogP) is 6.31. The van der Waals surface area contributed by atoms with Crippen molar-refractivity contribution in [3.63, 3.8) is 0 Å². The minimum Gasteiger partial charge on any atom is -0.327 e. The van der Waals surface area contributed by atoms with Crippen molar-refractivity contribution in [3.8, 4) is 0 Å². The molecule has 0 spiro atoms. The highest BCUT2D eigenvalue weighted by Crippen LogP contribution is 2.43. The van der Waals surface area contributed by atoms with E-state index in [1.54, 1.807) is 0 Å². The Morgan fingerprint density at radius 1 is 0.667 bits per heavy atom. The number of hydrogen-bond donors (Lipinski definition) is 1. The molecule has 1 unspecified atom stereocenters. The minimum absolute atomic E-state index is 0.257. The molecule has 0 heterocycles. The quantitative estimate of drug-likeness (QED) is 0.146. The van der Waals surface area contributed by atoms with Crippen LogP contribution in [0.2, 0.25) is 0 Å². The lowest BCUT2D eigenvalue weighted by Gasteiger charge is -2.29. The second-order valence-corrected chi connectivity index (χ2v) is 9.86. The van der Waals surface area contributed by atoms with Gasteiger partial charge in [-0.1, -0.05) is 78.1 Å². The molecule has 0 aromatic carbocycles. The van der Waals surface area contributed by atoms with Crippen molar-refractivity contribution in [1.29, 1.82) is 0 Å². The van der Waals surface area contributed by atoms with E-state index in [0.717, 1.165) is 30.4 Å². The van der Waals surface area contributed by atoms with E-state index in [0.29, 0.717) is 6.61 Å². The molecular weight excluding hydrogens is 361 g/mol. The molecule has 1 N–H and O–H groups in total. The molecule has 6 heteroatoms. The van der Waals surface area contributed by atoms with Gasteiger partial charge < -0.3 is 9.38 Å². The maximum Gasteiger partial charge on any atom is 0.472 e. The molecular formula is C21H47NO4P+. The van der Waals surface area contributed by atoms with Gasteiger partial charge >= 0.3 is 7.82 Å². The number of phosphoric acid groups is 1. The Labute approximate surface area is 169 Å². The van der Waals surface area contributed by atoms with Gasteiger partial charge in [-0.05, 0) is 19.3 Å². The summed E-state index contributed by atoms with van der Waals surface area (Å²) in [5, 5.41) is 0. The maximum atomic E-state index is 11.9. The number of likely N-dealkylation sites (N-methyl/N-ethyl adjacent to an activating group) is 1. The van der Waals surface area contributed by atoms with Crippen LogP contribution in [0, 0.1) is 0 Å². The summed E-state index contributed by atoms with van der Waals surface area (Å²) in [4.78, 5) is 9.79. The third kappa shape index (κ3) is 19.2. The van der Waals surface area contributed by atoms with Crippen molar-refractivity contribution in [2.24, 2.45) is 0 Å². The van der Waals surface area contributed by atoms with Gasteiger partial charge in [-0.15, -0.1) is 0 Å². The minimum atomic E-state index is -3.90. The van der Waals surface area contributed by atoms with Gasteiger partial charge in [0.2, 0.25) is 0 Å². The van der Waals surface area contributed by atoms with E-state index in [2.05, 4.69) is 27.9 Å². The molecule has 0 amide bonds. The van der Waals surface area contributed by atoms with E-state index in [-0.39, 0.29) is 6.61 Å². The SMILES string of the molecule is CCCCCCCCCCOP(=O)(O)OCC[N+](C)(C)CCCCCCC. The van der Waals surface area contributed by atoms with E-state index in [1.807, 2.05) is 0 Å². The van der Waals surface area contributed by atoms with Crippen LogP contribution in [0.25, 0.3) is 0 Å². The Bertz CT molecular complexity index is 377. The standard InChI is InChI=1S/C21H46NO4P/c1-5-7-9-11-12-13-15-17-20-25-27(23,24)26-21-19-22(3,4)18-16-14-10-8-6-2/h5-21H2,1-4H3/p+1. The Kier molecular flexibility index (Phi) is 17.0. The first-order valence-electron chi connectivity index (χ1n) is 11.3. The van der Waals surface area contributed by atoms with Crippen molar-refractivity contribution in [2.75, 3.05) is 40.4 Å². The average Bonchev–Trinajstić information content (AvgIpc) is 2.59. The lowest BCUT2D eigenvalue weighted by Crippen LogP contribution is -2.42. The summed E-state index contributed by atoms with van der Waals surface area (Å²) < 4.78 is 23.0. The Morgan fingerprint density at radius 3 is 1.67 bits per heavy atom. The summed E-state index contributed by atoms with van der Waals surface area (Å²) in [6.45, 7) is 6.80. The third-order valence-corrected chi connectivity index (χ3v) is 6.09. The zero-order valence-electron chi connectivity index (χ0n) is 18.6. The lowest BCUT2D eigenvalue weighted by atomic mass is 10.1. The Balaban J connectivity index is 3.67. The van der Waals surface area contributed by atoms with Crippen molar-refractivity contribution in [1.82, 2.24) is 0 Å². The maximum absolute atomic E-state index is 11.9. The highest BCUT2D eigenvalue weighted by molar-refractivity contribution is 7.47. The van der Waals surface area contributed by atoms with Gasteiger partial charge in [0.05, 0.1) is 27.2 Å². The van der Waals surface area contributed by atoms with Crippen LogP contribution in [-0.2, 0) is 13.6 Å². The molecule has 0 aliphatic rings. The summed E-state index contributed by atoms with van der Waals surface area (Å²) in [7, 11) is 0.392. The van der Waals surface area contributed by atoms with E-state index in [1.165, 1.54) is 70.6 Å². The summed E-state index contributed by atoms with van der Waals surface area (Å²) >= 11 is 0. The number of unbranched alkanes of at least 4 members (excludes halogenated alkanes) is 11. The Morgan fingerprint density at radius 2 is 1.11 bits per heavy atom. The fourth-order valence-corrected chi connectivity index (χ4v) is 3.86. The topological polar surface area (TPSA) is 55.8 Å². The van der Waals surface area contributed by atoms with Gasteiger partial charge in [0.15, 0.2) is 0 Å². The normalized spacial score (nSPS) is 14.4. The average molecular weight is 409 g/mol. The summed E-state index contributed by atoms with van der Waals surface area (Å²) in [5.74, 6) is 0. The van der Waals surface area contributed by atoms with Crippen LogP contribution in [0.5, 0.6) is 0 Å². The molecule has 0 aromatic heterocycles. The van der Waals surface area contributed by atoms with Crippen LogP contribution in [0.3, 0.4) is 0 Å². The zero-order chi connectivity index (χ0) is 20.4. The molecule has 0 fully saturated rings. The molecule has 27 heavy (non-hydrogen) atoms. The molecule has 0 radical (unpaired) electrons. The van der Waals surface area contributed by atoms with Crippen LogP contribution in [0.1, 0.15) is 97.3 Å². The highest BCUT2D eigenvalue weighted by atomic mass is 31.2. The lowest BCUT2D eigenvalue weighted by molar-refractivity contribution is -0.890. The first-order chi connectivity index (χ1) is 12.8. The van der Waals surface area contributed by atoms with Gasteiger partial charge in [0, 0.05) is 0 Å². The summed E-state index contributed by atoms with van der Waals surface area (Å²) in [5.41, 5.74) is 0. The predicted molar refractivity (Wildman–Crippen MR) is 115 cm³/mol. The summed E-state index contributed by atoms with van der Waals surface area (Å²) in [6, 6.07) is 0. The number of quaternary nitrogens is 1. The molecule has 0 rings (SSSR count). The van der Waals surface area contributed by atoms with Crippen molar-refractivity contribution < 1.29 is 23.0 Å². The van der Waals surface area contributed by atoms with E-state index >= 15 is 0 Å². The number of rotatable bonds is 20. The van der Waals surface area contributed by atoms with Gasteiger partial charge in [-0.2, -0.15) is 0 Å². The Hall–Kier alpha value is 0.0700. The molecule has 0 aliphatic heterocycles. The number of hydrogen-bond acceptors (Lipinski definition) is 3. The van der Waals surface area contributed by atoms with Gasteiger partial charge in [-0.3, -0.25) is 9.05 Å². The van der Waals surface area contributed by atoms with Crippen molar-refractivity contribution in [3.05, 3.63) is 0 Å². The van der Waals surface area contributed by atoms with Crippen LogP contribution in [-0.4, -0.2) is 49.8 Å². The van der Waals surface area contributed by atoms with Crippen LogP contribution in [0.4, 0.5) is 0 Å². The fraction of sp³-hybridized carbons (Fsp3) is 1.00. The molecule has 0 saturated heterocycles. The van der Waals surface area contributed by atoms with Gasteiger partial charge in [0.1, 0.15) is 13.2 Å². The van der Waals surface area contributed by atoms with Crippen molar-refractivity contribution in [2.45, 2.75) is 97.3 Å². The van der Waals surface area contributed by atoms with Gasteiger partial charge in [0.25, 0.3) is 0 Å². The van der Waals surface area contributed by atoms with Crippen molar-refractivity contribution >= 4 is 7.82 Å². The monoisotopic (exact) mass is 408 g/mol. The molecule has 0 aromatic rings. The first-order valence-corrected chi connectivity index (χ1v) is 12.8. The molecule has 0 bridgehead atoms. The van der Waals surface area contributed by atoms with Crippen LogP contribution in [0.15, 0.2) is 0 Å². The first kappa shape index (κ1) is 27.1. The number of phosphoric ester groups is 1. The second kappa shape index (κ2) is 17.0. The fourth-order valence-electron chi connectivity index (χ4n) is 3.11. The molecule has 0 saturated carbocycles.